The number of aryl methyl sites for hydroxylation is 1. The van der Waals surface area contributed by atoms with E-state index in [9.17, 15) is 14.4 Å². The van der Waals surface area contributed by atoms with E-state index in [4.69, 9.17) is 0 Å². The van der Waals surface area contributed by atoms with E-state index >= 15 is 0 Å². The molecule has 1 fully saturated rings. The van der Waals surface area contributed by atoms with E-state index in [2.05, 4.69) is 5.32 Å². The van der Waals surface area contributed by atoms with Crippen molar-refractivity contribution < 1.29 is 14.4 Å². The number of rotatable bonds is 2. The summed E-state index contributed by atoms with van der Waals surface area (Å²) in [6.45, 7) is 6.78. The molecule has 1 aliphatic heterocycles. The van der Waals surface area contributed by atoms with Gasteiger partial charge in [0.15, 0.2) is 0 Å². The zero-order valence-corrected chi connectivity index (χ0v) is 12.1. The monoisotopic (exact) mass is 274 g/mol. The summed E-state index contributed by atoms with van der Waals surface area (Å²) >= 11 is 0. The predicted octanol–water partition coefficient (Wildman–Crippen LogP) is 2.16. The molecular weight excluding hydrogens is 256 g/mol. The Bertz CT molecular complexity index is 575. The van der Waals surface area contributed by atoms with Crippen LogP contribution < -0.4 is 5.32 Å². The van der Waals surface area contributed by atoms with Crippen molar-refractivity contribution in [3.63, 3.8) is 0 Å². The fraction of sp³-hybridized carbons (Fsp3) is 0.400. The molecule has 1 aromatic carbocycles. The Morgan fingerprint density at radius 1 is 1.10 bits per heavy atom. The third-order valence-corrected chi connectivity index (χ3v) is 3.71. The maximum absolute atomic E-state index is 12.4. The Balaban J connectivity index is 2.35. The molecule has 106 valence electrons. The molecule has 0 saturated carbocycles. The van der Waals surface area contributed by atoms with Gasteiger partial charge in [0.1, 0.15) is 5.41 Å². The minimum atomic E-state index is -1.23. The SMILES string of the molecule is Cc1ccc(C(C)N2C(=O)NC(=O)C(C)(C)C2=O)cc1. The van der Waals surface area contributed by atoms with Crippen molar-refractivity contribution in [2.24, 2.45) is 5.41 Å². The lowest BCUT2D eigenvalue weighted by atomic mass is 9.87. The van der Waals surface area contributed by atoms with Crippen LogP contribution in [0, 0.1) is 12.3 Å². The van der Waals surface area contributed by atoms with Crippen molar-refractivity contribution in [2.45, 2.75) is 33.7 Å². The molecule has 0 aromatic heterocycles. The molecule has 0 radical (unpaired) electrons. The van der Waals surface area contributed by atoms with Gasteiger partial charge in [-0.1, -0.05) is 29.8 Å². The first-order valence-corrected chi connectivity index (χ1v) is 6.51. The average molecular weight is 274 g/mol. The lowest BCUT2D eigenvalue weighted by molar-refractivity contribution is -0.150. The zero-order valence-electron chi connectivity index (χ0n) is 12.1. The highest BCUT2D eigenvalue weighted by molar-refractivity contribution is 6.18. The third-order valence-electron chi connectivity index (χ3n) is 3.71. The molecule has 1 atom stereocenters. The Labute approximate surface area is 118 Å². The van der Waals surface area contributed by atoms with Gasteiger partial charge in [-0.25, -0.2) is 4.79 Å². The molecule has 0 spiro atoms. The Morgan fingerprint density at radius 3 is 2.20 bits per heavy atom. The van der Waals surface area contributed by atoms with E-state index < -0.39 is 29.3 Å². The normalized spacial score (nSPS) is 19.8. The molecule has 5 nitrogen and oxygen atoms in total. The maximum atomic E-state index is 12.4. The number of nitrogens with zero attached hydrogens (tertiary/aromatic N) is 1. The summed E-state index contributed by atoms with van der Waals surface area (Å²) in [6.07, 6.45) is 0. The lowest BCUT2D eigenvalue weighted by Gasteiger charge is -2.38. The summed E-state index contributed by atoms with van der Waals surface area (Å²) in [5.41, 5.74) is 0.725. The number of carbonyl (C=O) groups excluding carboxylic acids is 3. The van der Waals surface area contributed by atoms with Crippen molar-refractivity contribution in [3.8, 4) is 0 Å². The highest BCUT2D eigenvalue weighted by Crippen LogP contribution is 2.30. The number of carbonyl (C=O) groups is 3. The van der Waals surface area contributed by atoms with E-state index in [0.717, 1.165) is 16.0 Å². The van der Waals surface area contributed by atoms with Gasteiger partial charge in [-0.3, -0.25) is 19.8 Å². The fourth-order valence-corrected chi connectivity index (χ4v) is 2.15. The molecule has 1 unspecified atom stereocenters. The number of hydrogen-bond acceptors (Lipinski definition) is 3. The van der Waals surface area contributed by atoms with Gasteiger partial charge < -0.3 is 0 Å². The van der Waals surface area contributed by atoms with Crippen LogP contribution in [0.15, 0.2) is 24.3 Å². The van der Waals surface area contributed by atoms with Crippen LogP contribution in [0.5, 0.6) is 0 Å². The number of urea groups is 1. The van der Waals surface area contributed by atoms with Crippen LogP contribution in [0.1, 0.15) is 37.9 Å². The van der Waals surface area contributed by atoms with Crippen molar-refractivity contribution >= 4 is 17.8 Å². The van der Waals surface area contributed by atoms with Gasteiger partial charge in [-0.2, -0.15) is 0 Å². The van der Waals surface area contributed by atoms with Crippen molar-refractivity contribution in [3.05, 3.63) is 35.4 Å². The number of amides is 4. The minimum absolute atomic E-state index is 0.421. The summed E-state index contributed by atoms with van der Waals surface area (Å²) in [6, 6.07) is 6.53. The van der Waals surface area contributed by atoms with Gasteiger partial charge in [0.25, 0.3) is 0 Å². The Hall–Kier alpha value is -2.17. The van der Waals surface area contributed by atoms with Gasteiger partial charge in [-0.15, -0.1) is 0 Å². The Kier molecular flexibility index (Phi) is 3.38. The number of imide groups is 2. The molecule has 2 rings (SSSR count). The summed E-state index contributed by atoms with van der Waals surface area (Å²) < 4.78 is 0. The molecular formula is C15H18N2O3. The molecule has 1 N–H and O–H groups in total. The molecule has 0 aliphatic carbocycles. The van der Waals surface area contributed by atoms with Gasteiger partial charge in [-0.05, 0) is 33.3 Å². The van der Waals surface area contributed by atoms with Crippen molar-refractivity contribution in [1.82, 2.24) is 10.2 Å². The van der Waals surface area contributed by atoms with Gasteiger partial charge >= 0.3 is 6.03 Å². The van der Waals surface area contributed by atoms with Crippen LogP contribution in [-0.4, -0.2) is 22.7 Å². The first kappa shape index (κ1) is 14.2. The highest BCUT2D eigenvalue weighted by atomic mass is 16.2. The number of hydrogen-bond donors (Lipinski definition) is 1. The predicted molar refractivity (Wildman–Crippen MR) is 73.8 cm³/mol. The number of nitrogens with one attached hydrogen (secondary N) is 1. The van der Waals surface area contributed by atoms with Gasteiger partial charge in [0, 0.05) is 0 Å². The fourth-order valence-electron chi connectivity index (χ4n) is 2.15. The van der Waals surface area contributed by atoms with Crippen LogP contribution in [0.25, 0.3) is 0 Å². The number of benzene rings is 1. The third kappa shape index (κ3) is 2.19. The van der Waals surface area contributed by atoms with Crippen LogP contribution in [-0.2, 0) is 9.59 Å². The molecule has 20 heavy (non-hydrogen) atoms. The van der Waals surface area contributed by atoms with E-state index in [1.165, 1.54) is 13.8 Å². The summed E-state index contributed by atoms with van der Waals surface area (Å²) in [4.78, 5) is 37.2. The van der Waals surface area contributed by atoms with E-state index in [1.807, 2.05) is 31.2 Å². The summed E-state index contributed by atoms with van der Waals surface area (Å²) in [5.74, 6) is -1.03. The molecule has 1 aliphatic rings. The topological polar surface area (TPSA) is 66.5 Å². The molecule has 1 saturated heterocycles. The van der Waals surface area contributed by atoms with E-state index in [-0.39, 0.29) is 0 Å². The van der Waals surface area contributed by atoms with Crippen molar-refractivity contribution in [1.29, 1.82) is 0 Å². The number of barbiturate groups is 1. The van der Waals surface area contributed by atoms with Crippen LogP contribution in [0.4, 0.5) is 4.79 Å². The molecule has 1 aromatic rings. The second-order valence-corrected chi connectivity index (χ2v) is 5.65. The second-order valence-electron chi connectivity index (χ2n) is 5.65. The van der Waals surface area contributed by atoms with E-state index in [0.29, 0.717) is 0 Å². The maximum Gasteiger partial charge on any atom is 0.331 e. The first-order valence-electron chi connectivity index (χ1n) is 6.51. The standard InChI is InChI=1S/C15H18N2O3/c1-9-5-7-11(8-6-9)10(2)17-13(19)15(3,4)12(18)16-14(17)20/h5-8,10H,1-4H3,(H,16,18,20). The van der Waals surface area contributed by atoms with Crippen LogP contribution in [0.3, 0.4) is 0 Å². The smallest absolute Gasteiger partial charge is 0.277 e. The minimum Gasteiger partial charge on any atom is -0.277 e. The zero-order chi connectivity index (χ0) is 15.1. The summed E-state index contributed by atoms with van der Waals surface area (Å²) in [5, 5.41) is 2.24. The Morgan fingerprint density at radius 2 is 1.65 bits per heavy atom. The average Bonchev–Trinajstić information content (AvgIpc) is 2.37. The highest BCUT2D eigenvalue weighted by Gasteiger charge is 2.48. The first-order chi connectivity index (χ1) is 9.25. The molecule has 1 heterocycles. The second kappa shape index (κ2) is 4.74. The lowest BCUT2D eigenvalue weighted by Crippen LogP contribution is -2.62. The molecule has 0 bridgehead atoms. The molecule has 4 amide bonds. The summed E-state index contributed by atoms with van der Waals surface area (Å²) in [7, 11) is 0. The van der Waals surface area contributed by atoms with Gasteiger partial charge in [0.05, 0.1) is 6.04 Å². The van der Waals surface area contributed by atoms with Gasteiger partial charge in [0.2, 0.25) is 11.8 Å². The molecule has 5 heteroatoms. The largest absolute Gasteiger partial charge is 0.331 e. The quantitative estimate of drug-likeness (QED) is 0.840. The van der Waals surface area contributed by atoms with Crippen LogP contribution >= 0.6 is 0 Å². The van der Waals surface area contributed by atoms with Crippen molar-refractivity contribution in [2.75, 3.05) is 0 Å². The van der Waals surface area contributed by atoms with Crippen LogP contribution in [0.2, 0.25) is 0 Å². The van der Waals surface area contributed by atoms with E-state index in [1.54, 1.807) is 6.92 Å².